The highest BCUT2D eigenvalue weighted by atomic mass is 79.9. The van der Waals surface area contributed by atoms with Crippen LogP contribution in [0.4, 0.5) is 5.69 Å². The number of carbonyl (C=O) groups is 2. The second-order valence-corrected chi connectivity index (χ2v) is 6.75. The zero-order valence-electron chi connectivity index (χ0n) is 12.2. The molecule has 1 aliphatic rings. The average molecular weight is 374 g/mol. The van der Waals surface area contributed by atoms with Gasteiger partial charge in [-0.1, -0.05) is 32.4 Å². The maximum Gasteiger partial charge on any atom is 0.250 e. The van der Waals surface area contributed by atoms with E-state index in [2.05, 4.69) is 21.2 Å². The third-order valence-corrected chi connectivity index (χ3v) is 4.51. The molecule has 0 bridgehead atoms. The summed E-state index contributed by atoms with van der Waals surface area (Å²) >= 11 is 9.39. The average Bonchev–Trinajstić information content (AvgIpc) is 2.41. The first kappa shape index (κ1) is 16.3. The number of benzene rings is 1. The van der Waals surface area contributed by atoms with Crippen LogP contribution < -0.4 is 10.2 Å². The Morgan fingerprint density at radius 2 is 2.05 bits per heavy atom. The lowest BCUT2D eigenvalue weighted by Crippen LogP contribution is -2.65. The van der Waals surface area contributed by atoms with E-state index in [-0.39, 0.29) is 17.7 Å². The fraction of sp³-hybridized carbons (Fsp3) is 0.467. The van der Waals surface area contributed by atoms with Crippen LogP contribution in [0.25, 0.3) is 0 Å². The fourth-order valence-electron chi connectivity index (χ4n) is 2.51. The summed E-state index contributed by atoms with van der Waals surface area (Å²) in [6.45, 7) is 5.73. The van der Waals surface area contributed by atoms with Gasteiger partial charge in [0.2, 0.25) is 5.91 Å². The van der Waals surface area contributed by atoms with Gasteiger partial charge in [-0.2, -0.15) is 0 Å². The normalized spacial score (nSPS) is 22.7. The topological polar surface area (TPSA) is 49.4 Å². The Morgan fingerprint density at radius 1 is 1.38 bits per heavy atom. The van der Waals surface area contributed by atoms with Crippen LogP contribution >= 0.6 is 27.5 Å². The predicted molar refractivity (Wildman–Crippen MR) is 87.5 cm³/mol. The van der Waals surface area contributed by atoms with Crippen molar-refractivity contribution in [1.29, 1.82) is 0 Å². The van der Waals surface area contributed by atoms with Crippen molar-refractivity contribution in [2.75, 3.05) is 4.90 Å². The van der Waals surface area contributed by atoms with Crippen LogP contribution in [0.15, 0.2) is 22.7 Å². The van der Waals surface area contributed by atoms with Gasteiger partial charge in [0.05, 0.1) is 5.69 Å². The summed E-state index contributed by atoms with van der Waals surface area (Å²) in [6, 6.07) is 4.22. The van der Waals surface area contributed by atoms with Gasteiger partial charge in [-0.25, -0.2) is 0 Å². The molecule has 4 nitrogen and oxygen atoms in total. The van der Waals surface area contributed by atoms with Crippen LogP contribution in [-0.4, -0.2) is 23.9 Å². The molecule has 0 aliphatic carbocycles. The summed E-state index contributed by atoms with van der Waals surface area (Å²) in [5.74, 6) is -0.162. The molecule has 1 aromatic carbocycles. The summed E-state index contributed by atoms with van der Waals surface area (Å²) < 4.78 is 0.707. The van der Waals surface area contributed by atoms with E-state index in [1.807, 2.05) is 20.8 Å². The maximum atomic E-state index is 12.8. The number of rotatable bonds is 3. The highest BCUT2D eigenvalue weighted by Gasteiger charge is 2.42. The van der Waals surface area contributed by atoms with E-state index in [0.29, 0.717) is 21.6 Å². The number of piperazine rings is 1. The molecule has 1 fully saturated rings. The molecule has 1 heterocycles. The molecular formula is C15H18BrClN2O2. The number of carbonyl (C=O) groups excluding carboxylic acids is 2. The van der Waals surface area contributed by atoms with Crippen molar-refractivity contribution in [2.45, 2.75) is 39.3 Å². The van der Waals surface area contributed by atoms with Gasteiger partial charge < -0.3 is 5.32 Å². The second-order valence-electron chi connectivity index (χ2n) is 5.46. The quantitative estimate of drug-likeness (QED) is 0.883. The summed E-state index contributed by atoms with van der Waals surface area (Å²) in [5.41, 5.74) is 0.678. The number of amides is 2. The Bertz CT molecular complexity index is 577. The first-order valence-corrected chi connectivity index (χ1v) is 8.12. The van der Waals surface area contributed by atoms with Crippen molar-refractivity contribution in [2.24, 2.45) is 5.92 Å². The first-order chi connectivity index (χ1) is 9.86. The Hall–Kier alpha value is -1.07. The molecule has 2 atom stereocenters. The molecular weight excluding hydrogens is 356 g/mol. The highest BCUT2D eigenvalue weighted by molar-refractivity contribution is 9.10. The number of nitrogens with zero attached hydrogens (tertiary/aromatic N) is 1. The monoisotopic (exact) mass is 372 g/mol. The first-order valence-electron chi connectivity index (χ1n) is 6.95. The molecule has 21 heavy (non-hydrogen) atoms. The van der Waals surface area contributed by atoms with E-state index in [0.717, 1.165) is 0 Å². The smallest absolute Gasteiger partial charge is 0.250 e. The third-order valence-electron chi connectivity index (χ3n) is 3.64. The zero-order chi connectivity index (χ0) is 15.7. The van der Waals surface area contributed by atoms with Crippen molar-refractivity contribution in [3.8, 4) is 0 Å². The van der Waals surface area contributed by atoms with E-state index in [1.165, 1.54) is 0 Å². The summed E-state index contributed by atoms with van der Waals surface area (Å²) in [5, 5.41) is 3.40. The molecule has 0 spiro atoms. The molecule has 114 valence electrons. The zero-order valence-corrected chi connectivity index (χ0v) is 14.5. The Balaban J connectivity index is 2.49. The molecule has 0 saturated carbocycles. The molecule has 1 aliphatic heterocycles. The molecule has 2 amide bonds. The number of hydrogen-bond donors (Lipinski definition) is 1. The summed E-state index contributed by atoms with van der Waals surface area (Å²) in [4.78, 5) is 26.7. The highest BCUT2D eigenvalue weighted by Crippen LogP contribution is 2.33. The van der Waals surface area contributed by atoms with Gasteiger partial charge in [0.1, 0.15) is 12.1 Å². The molecule has 1 saturated heterocycles. The van der Waals surface area contributed by atoms with Gasteiger partial charge >= 0.3 is 0 Å². The SMILES string of the molecule is CCC1C(=O)NC(C(C)C)C(=O)N1c1ccc(Cl)cc1Br. The van der Waals surface area contributed by atoms with Crippen LogP contribution in [0.5, 0.6) is 0 Å². The van der Waals surface area contributed by atoms with Crippen molar-refractivity contribution in [3.63, 3.8) is 0 Å². The largest absolute Gasteiger partial charge is 0.342 e. The van der Waals surface area contributed by atoms with Crippen LogP contribution in [-0.2, 0) is 9.59 Å². The van der Waals surface area contributed by atoms with E-state index >= 15 is 0 Å². The predicted octanol–water partition coefficient (Wildman–Crippen LogP) is 3.37. The van der Waals surface area contributed by atoms with Crippen molar-refractivity contribution < 1.29 is 9.59 Å². The van der Waals surface area contributed by atoms with Crippen molar-refractivity contribution >= 4 is 45.0 Å². The molecule has 2 rings (SSSR count). The van der Waals surface area contributed by atoms with E-state index in [1.54, 1.807) is 23.1 Å². The minimum absolute atomic E-state index is 0.0350. The minimum Gasteiger partial charge on any atom is -0.342 e. The molecule has 0 aromatic heterocycles. The number of nitrogens with one attached hydrogen (secondary N) is 1. The van der Waals surface area contributed by atoms with Crippen LogP contribution in [0.3, 0.4) is 0 Å². The van der Waals surface area contributed by atoms with Gasteiger partial charge in [0, 0.05) is 9.50 Å². The summed E-state index contributed by atoms with van der Waals surface area (Å²) in [6.07, 6.45) is 0.553. The number of anilines is 1. The van der Waals surface area contributed by atoms with E-state index in [4.69, 9.17) is 11.6 Å². The molecule has 6 heteroatoms. The molecule has 0 radical (unpaired) electrons. The molecule has 1 aromatic rings. The van der Waals surface area contributed by atoms with Crippen LogP contribution in [0, 0.1) is 5.92 Å². The van der Waals surface area contributed by atoms with Crippen molar-refractivity contribution in [1.82, 2.24) is 5.32 Å². The lowest BCUT2D eigenvalue weighted by molar-refractivity contribution is -0.134. The van der Waals surface area contributed by atoms with Gasteiger partial charge in [-0.3, -0.25) is 14.5 Å². The fourth-order valence-corrected chi connectivity index (χ4v) is 3.39. The lowest BCUT2D eigenvalue weighted by atomic mass is 9.96. The van der Waals surface area contributed by atoms with Crippen LogP contribution in [0.2, 0.25) is 5.02 Å². The molecule has 2 unspecified atom stereocenters. The van der Waals surface area contributed by atoms with Gasteiger partial charge in [-0.15, -0.1) is 0 Å². The van der Waals surface area contributed by atoms with E-state index < -0.39 is 12.1 Å². The van der Waals surface area contributed by atoms with Gasteiger partial charge in [0.25, 0.3) is 5.91 Å². The van der Waals surface area contributed by atoms with Gasteiger partial charge in [-0.05, 0) is 46.5 Å². The second kappa shape index (κ2) is 6.36. The maximum absolute atomic E-state index is 12.8. The summed E-state index contributed by atoms with van der Waals surface area (Å²) in [7, 11) is 0. The third kappa shape index (κ3) is 3.09. The van der Waals surface area contributed by atoms with Gasteiger partial charge in [0.15, 0.2) is 0 Å². The number of halogens is 2. The molecule has 1 N–H and O–H groups in total. The number of hydrogen-bond acceptors (Lipinski definition) is 2. The van der Waals surface area contributed by atoms with E-state index in [9.17, 15) is 9.59 Å². The lowest BCUT2D eigenvalue weighted by Gasteiger charge is -2.40. The Morgan fingerprint density at radius 3 is 2.57 bits per heavy atom. The van der Waals surface area contributed by atoms with Crippen LogP contribution in [0.1, 0.15) is 27.2 Å². The van der Waals surface area contributed by atoms with Crippen molar-refractivity contribution in [3.05, 3.63) is 27.7 Å². The minimum atomic E-state index is -0.497. The Labute approximate surface area is 138 Å². The standard InChI is InChI=1S/C15H18BrClN2O2/c1-4-11-14(20)18-13(8(2)3)15(21)19(11)12-6-5-9(17)7-10(12)16/h5-8,11,13H,4H2,1-3H3,(H,18,20). The Kier molecular flexibility index (Phi) is 4.94.